The maximum Gasteiger partial charge on any atom is 0.339 e. The van der Waals surface area contributed by atoms with Crippen molar-refractivity contribution in [2.75, 3.05) is 27.4 Å². The van der Waals surface area contributed by atoms with E-state index in [4.69, 9.17) is 14.2 Å². The number of hydrogen-bond donors (Lipinski definition) is 0. The lowest BCUT2D eigenvalue weighted by Gasteiger charge is -2.17. The van der Waals surface area contributed by atoms with Crippen LogP contribution in [0.2, 0.25) is 0 Å². The molecular weight excluding hydrogens is 388 g/mol. The number of hydrogen-bond acceptors (Lipinski definition) is 7. The summed E-state index contributed by atoms with van der Waals surface area (Å²) in [6.45, 7) is 3.62. The van der Waals surface area contributed by atoms with E-state index in [1.807, 2.05) is 6.08 Å². The molecule has 0 radical (unpaired) electrons. The van der Waals surface area contributed by atoms with Crippen molar-refractivity contribution in [3.05, 3.63) is 48.0 Å². The number of allylic oxidation sites excluding steroid dienone is 1. The van der Waals surface area contributed by atoms with E-state index in [1.54, 1.807) is 12.1 Å². The summed E-state index contributed by atoms with van der Waals surface area (Å²) in [5.74, 6) is -1.69. The molecular formula is C23H32O7. The van der Waals surface area contributed by atoms with Crippen LogP contribution in [0.5, 0.6) is 0 Å². The van der Waals surface area contributed by atoms with Crippen LogP contribution in [0.1, 0.15) is 65.7 Å². The Morgan fingerprint density at radius 2 is 1.57 bits per heavy atom. The largest absolute Gasteiger partial charge is 0.465 e. The van der Waals surface area contributed by atoms with E-state index in [-0.39, 0.29) is 30.3 Å². The van der Waals surface area contributed by atoms with Gasteiger partial charge in [-0.05, 0) is 31.4 Å². The fourth-order valence-electron chi connectivity index (χ4n) is 2.83. The van der Waals surface area contributed by atoms with Gasteiger partial charge in [0.2, 0.25) is 0 Å². The predicted molar refractivity (Wildman–Crippen MR) is 112 cm³/mol. The third kappa shape index (κ3) is 9.69. The fraction of sp³-hybridized carbons (Fsp3) is 0.522. The molecule has 7 nitrogen and oxygen atoms in total. The van der Waals surface area contributed by atoms with E-state index < -0.39 is 18.0 Å². The molecule has 1 rings (SSSR count). The van der Waals surface area contributed by atoms with Gasteiger partial charge >= 0.3 is 17.9 Å². The summed E-state index contributed by atoms with van der Waals surface area (Å²) in [6, 6.07) is 6.19. The van der Waals surface area contributed by atoms with E-state index in [2.05, 4.69) is 11.3 Å². The minimum atomic E-state index is -0.718. The average Bonchev–Trinajstić information content (AvgIpc) is 2.76. The minimum Gasteiger partial charge on any atom is -0.465 e. The van der Waals surface area contributed by atoms with E-state index in [0.29, 0.717) is 6.42 Å². The fourth-order valence-corrected chi connectivity index (χ4v) is 2.83. The zero-order chi connectivity index (χ0) is 22.2. The molecule has 0 aliphatic carbocycles. The van der Waals surface area contributed by atoms with Gasteiger partial charge in [0.25, 0.3) is 0 Å². The van der Waals surface area contributed by atoms with Crippen molar-refractivity contribution >= 4 is 17.9 Å². The summed E-state index contributed by atoms with van der Waals surface area (Å²) in [7, 11) is 2.71. The zero-order valence-corrected chi connectivity index (χ0v) is 17.9. The van der Waals surface area contributed by atoms with Gasteiger partial charge in [-0.2, -0.15) is 0 Å². The number of benzene rings is 1. The Labute approximate surface area is 178 Å². The van der Waals surface area contributed by atoms with Crippen molar-refractivity contribution in [1.29, 1.82) is 0 Å². The number of ether oxygens (including phenoxy) is 4. The quantitative estimate of drug-likeness (QED) is 0.183. The second kappa shape index (κ2) is 15.2. The number of methoxy groups -OCH3 is 2. The first-order chi connectivity index (χ1) is 14.5. The van der Waals surface area contributed by atoms with Crippen LogP contribution in [0.15, 0.2) is 36.9 Å². The smallest absolute Gasteiger partial charge is 0.339 e. The lowest BCUT2D eigenvalue weighted by Crippen LogP contribution is -2.29. The van der Waals surface area contributed by atoms with E-state index in [0.717, 1.165) is 38.5 Å². The van der Waals surface area contributed by atoms with Gasteiger partial charge in [-0.1, -0.05) is 37.5 Å². The topological polar surface area (TPSA) is 88.1 Å². The van der Waals surface area contributed by atoms with E-state index in [9.17, 15) is 14.4 Å². The number of esters is 3. The molecule has 7 heteroatoms. The second-order valence-electron chi connectivity index (χ2n) is 6.80. The Morgan fingerprint density at radius 1 is 0.933 bits per heavy atom. The van der Waals surface area contributed by atoms with Gasteiger partial charge in [0, 0.05) is 13.5 Å². The Kier molecular flexibility index (Phi) is 12.9. The monoisotopic (exact) mass is 420 g/mol. The van der Waals surface area contributed by atoms with Crippen molar-refractivity contribution in [2.24, 2.45) is 0 Å². The van der Waals surface area contributed by atoms with Gasteiger partial charge in [0.15, 0.2) is 6.10 Å². The maximum absolute atomic E-state index is 12.4. The SMILES string of the molecule is C=CCCCCCCCC(=O)OC(COC)COC(=O)c1ccccc1C(=O)OC. The second-order valence-corrected chi connectivity index (χ2v) is 6.80. The van der Waals surface area contributed by atoms with Gasteiger partial charge in [0.05, 0.1) is 24.8 Å². The Balaban J connectivity index is 2.47. The van der Waals surface area contributed by atoms with Crippen molar-refractivity contribution in [3.63, 3.8) is 0 Å². The van der Waals surface area contributed by atoms with Gasteiger partial charge in [-0.3, -0.25) is 4.79 Å². The Morgan fingerprint density at radius 3 is 2.20 bits per heavy atom. The van der Waals surface area contributed by atoms with Gasteiger partial charge in [-0.15, -0.1) is 6.58 Å². The highest BCUT2D eigenvalue weighted by Crippen LogP contribution is 2.13. The Bertz CT molecular complexity index is 684. The molecule has 0 bridgehead atoms. The van der Waals surface area contributed by atoms with E-state index in [1.165, 1.54) is 26.4 Å². The molecule has 0 saturated carbocycles. The van der Waals surface area contributed by atoms with E-state index >= 15 is 0 Å². The van der Waals surface area contributed by atoms with Crippen LogP contribution in [-0.4, -0.2) is 51.4 Å². The molecule has 30 heavy (non-hydrogen) atoms. The number of unbranched alkanes of at least 4 members (excludes halogenated alkanes) is 5. The van der Waals surface area contributed by atoms with Gasteiger partial charge < -0.3 is 18.9 Å². The molecule has 1 aromatic carbocycles. The molecule has 0 amide bonds. The first-order valence-electron chi connectivity index (χ1n) is 10.2. The molecule has 1 unspecified atom stereocenters. The van der Waals surface area contributed by atoms with Crippen LogP contribution in [0.25, 0.3) is 0 Å². The molecule has 1 atom stereocenters. The van der Waals surface area contributed by atoms with Crippen molar-refractivity contribution in [1.82, 2.24) is 0 Å². The Hall–Kier alpha value is -2.67. The molecule has 166 valence electrons. The molecule has 0 aromatic heterocycles. The summed E-state index contributed by atoms with van der Waals surface area (Å²) in [4.78, 5) is 36.2. The summed E-state index contributed by atoms with van der Waals surface area (Å²) in [6.07, 6.45) is 7.53. The van der Waals surface area contributed by atoms with Crippen molar-refractivity contribution in [2.45, 2.75) is 51.0 Å². The molecule has 0 N–H and O–H groups in total. The highest BCUT2D eigenvalue weighted by atomic mass is 16.6. The third-order valence-electron chi connectivity index (χ3n) is 4.39. The van der Waals surface area contributed by atoms with Crippen LogP contribution < -0.4 is 0 Å². The molecule has 0 aliphatic rings. The standard InChI is InChI=1S/C23H32O7/c1-4-5-6-7-8-9-10-15-21(24)30-18(16-27-2)17-29-23(26)20-14-12-11-13-19(20)22(25)28-3/h4,11-14,18H,1,5-10,15-17H2,2-3H3. The molecule has 0 fully saturated rings. The van der Waals surface area contributed by atoms with Gasteiger partial charge in [-0.25, -0.2) is 9.59 Å². The zero-order valence-electron chi connectivity index (χ0n) is 17.9. The first-order valence-corrected chi connectivity index (χ1v) is 10.2. The molecule has 0 spiro atoms. The normalized spacial score (nSPS) is 11.4. The minimum absolute atomic E-state index is 0.0864. The summed E-state index contributed by atoms with van der Waals surface area (Å²) < 4.78 is 20.4. The van der Waals surface area contributed by atoms with Crippen LogP contribution in [0, 0.1) is 0 Å². The number of carbonyl (C=O) groups excluding carboxylic acids is 3. The van der Waals surface area contributed by atoms with Crippen molar-refractivity contribution in [3.8, 4) is 0 Å². The van der Waals surface area contributed by atoms with Crippen LogP contribution in [0.3, 0.4) is 0 Å². The van der Waals surface area contributed by atoms with Gasteiger partial charge in [0.1, 0.15) is 6.61 Å². The van der Waals surface area contributed by atoms with Crippen LogP contribution in [0.4, 0.5) is 0 Å². The third-order valence-corrected chi connectivity index (χ3v) is 4.39. The number of rotatable bonds is 15. The molecule has 0 heterocycles. The highest BCUT2D eigenvalue weighted by molar-refractivity contribution is 6.03. The van der Waals surface area contributed by atoms with Crippen molar-refractivity contribution < 1.29 is 33.3 Å². The highest BCUT2D eigenvalue weighted by Gasteiger charge is 2.21. The summed E-state index contributed by atoms with van der Waals surface area (Å²) in [5, 5.41) is 0. The number of carbonyl (C=O) groups is 3. The van der Waals surface area contributed by atoms with Crippen LogP contribution in [-0.2, 0) is 23.7 Å². The summed E-state index contributed by atoms with van der Waals surface area (Å²) in [5.41, 5.74) is 0.196. The molecule has 0 saturated heterocycles. The summed E-state index contributed by atoms with van der Waals surface area (Å²) >= 11 is 0. The van der Waals surface area contributed by atoms with Crippen LogP contribution >= 0.6 is 0 Å². The predicted octanol–water partition coefficient (Wildman–Crippen LogP) is 4.10. The molecule has 1 aromatic rings. The lowest BCUT2D eigenvalue weighted by atomic mass is 10.1. The molecule has 0 aliphatic heterocycles. The lowest BCUT2D eigenvalue weighted by molar-refractivity contribution is -0.154. The maximum atomic E-state index is 12.4. The first kappa shape index (κ1) is 25.4. The average molecular weight is 421 g/mol.